The van der Waals surface area contributed by atoms with Crippen LogP contribution in [0.15, 0.2) is 42.5 Å². The summed E-state index contributed by atoms with van der Waals surface area (Å²) in [6.07, 6.45) is -4.05. The van der Waals surface area contributed by atoms with Crippen LogP contribution in [0.3, 0.4) is 0 Å². The number of likely N-dealkylation sites (tertiary alicyclic amines) is 1. The molecule has 0 radical (unpaired) electrons. The molecule has 2 aromatic carbocycles. The molecule has 1 amide bonds. The highest BCUT2D eigenvalue weighted by Gasteiger charge is 2.56. The van der Waals surface area contributed by atoms with E-state index in [9.17, 15) is 22.8 Å². The Labute approximate surface area is 153 Å². The lowest BCUT2D eigenvalue weighted by Crippen LogP contribution is -2.34. The van der Waals surface area contributed by atoms with Crippen LogP contribution in [0.25, 0.3) is 10.8 Å². The van der Waals surface area contributed by atoms with Crippen LogP contribution in [0.1, 0.15) is 17.9 Å². The Hall–Kier alpha value is -2.57. The number of carbonyl (C=O) groups excluding carboxylic acids is 1. The van der Waals surface area contributed by atoms with Gasteiger partial charge in [-0.2, -0.15) is 13.2 Å². The van der Waals surface area contributed by atoms with Gasteiger partial charge in [-0.1, -0.05) is 42.5 Å². The van der Waals surface area contributed by atoms with Crippen LogP contribution in [-0.2, 0) is 9.59 Å². The van der Waals surface area contributed by atoms with Gasteiger partial charge in [0.2, 0.25) is 5.91 Å². The molecule has 2 fully saturated rings. The number of fused-ring (bicyclic) bond motifs is 1. The average molecular weight is 377 g/mol. The first-order valence-corrected chi connectivity index (χ1v) is 8.83. The summed E-state index contributed by atoms with van der Waals surface area (Å²) in [6.45, 7) is -0.949. The molecule has 1 saturated carbocycles. The van der Waals surface area contributed by atoms with Gasteiger partial charge in [-0.25, -0.2) is 0 Å². The van der Waals surface area contributed by atoms with Crippen molar-refractivity contribution >= 4 is 22.6 Å². The largest absolute Gasteiger partial charge is 0.481 e. The molecule has 4 atom stereocenters. The number of benzene rings is 2. The van der Waals surface area contributed by atoms with Crippen LogP contribution in [0, 0.1) is 17.8 Å². The van der Waals surface area contributed by atoms with Crippen LogP contribution in [-0.4, -0.2) is 41.1 Å². The Morgan fingerprint density at radius 2 is 1.70 bits per heavy atom. The molecule has 2 aliphatic rings. The van der Waals surface area contributed by atoms with Crippen molar-refractivity contribution in [3.8, 4) is 0 Å². The maximum Gasteiger partial charge on any atom is 0.394 e. The molecule has 0 aromatic heterocycles. The summed E-state index contributed by atoms with van der Waals surface area (Å²) in [5.74, 6) is -5.88. The van der Waals surface area contributed by atoms with Crippen LogP contribution >= 0.6 is 0 Å². The van der Waals surface area contributed by atoms with Crippen LogP contribution in [0.4, 0.5) is 13.2 Å². The number of carboxylic acids is 1. The molecular formula is C20H18F3NO3. The molecule has 1 N–H and O–H groups in total. The highest BCUT2D eigenvalue weighted by Crippen LogP contribution is 2.51. The summed E-state index contributed by atoms with van der Waals surface area (Å²) in [6, 6.07) is 13.6. The fourth-order valence-electron chi connectivity index (χ4n) is 4.19. The van der Waals surface area contributed by atoms with Gasteiger partial charge in [-0.05, 0) is 28.7 Å². The van der Waals surface area contributed by atoms with E-state index < -0.39 is 30.5 Å². The van der Waals surface area contributed by atoms with Crippen molar-refractivity contribution in [1.29, 1.82) is 0 Å². The summed E-state index contributed by atoms with van der Waals surface area (Å²) in [5.41, 5.74) is 1.02. The summed E-state index contributed by atoms with van der Waals surface area (Å²) in [5, 5.41) is 11.2. The van der Waals surface area contributed by atoms with E-state index in [1.54, 1.807) is 0 Å². The number of hydrogen-bond acceptors (Lipinski definition) is 2. The number of rotatable bonds is 3. The number of halogens is 3. The number of aliphatic carboxylic acids is 1. The normalized spacial score (nSPS) is 27.7. The average Bonchev–Trinajstić information content (AvgIpc) is 3.27. The Balaban J connectivity index is 1.53. The Kier molecular flexibility index (Phi) is 4.13. The number of nitrogens with zero attached hydrogens (tertiary/aromatic N) is 1. The summed E-state index contributed by atoms with van der Waals surface area (Å²) in [7, 11) is 0. The summed E-state index contributed by atoms with van der Waals surface area (Å²) in [4.78, 5) is 25.0. The van der Waals surface area contributed by atoms with Crippen molar-refractivity contribution in [3.63, 3.8) is 0 Å². The van der Waals surface area contributed by atoms with Gasteiger partial charge in [0, 0.05) is 19.0 Å². The maximum absolute atomic E-state index is 13.1. The van der Waals surface area contributed by atoms with E-state index in [4.69, 9.17) is 5.11 Å². The molecule has 2 aromatic rings. The number of carboxylic acid groups (broad SMARTS) is 1. The number of amides is 1. The minimum absolute atomic E-state index is 0.0307. The second-order valence-corrected chi connectivity index (χ2v) is 7.35. The van der Waals surface area contributed by atoms with E-state index in [-0.39, 0.29) is 24.3 Å². The molecule has 1 heterocycles. The fraction of sp³-hybridized carbons (Fsp3) is 0.400. The van der Waals surface area contributed by atoms with Crippen molar-refractivity contribution in [2.24, 2.45) is 17.8 Å². The predicted molar refractivity (Wildman–Crippen MR) is 92.0 cm³/mol. The van der Waals surface area contributed by atoms with Crippen molar-refractivity contribution in [3.05, 3.63) is 48.0 Å². The Morgan fingerprint density at radius 1 is 1.00 bits per heavy atom. The molecule has 142 valence electrons. The monoisotopic (exact) mass is 377 g/mol. The van der Waals surface area contributed by atoms with Crippen molar-refractivity contribution in [1.82, 2.24) is 4.90 Å². The van der Waals surface area contributed by atoms with Crippen molar-refractivity contribution in [2.45, 2.75) is 18.5 Å². The van der Waals surface area contributed by atoms with E-state index in [1.165, 1.54) is 0 Å². The zero-order chi connectivity index (χ0) is 19.3. The van der Waals surface area contributed by atoms with Gasteiger partial charge in [0.05, 0.1) is 11.8 Å². The van der Waals surface area contributed by atoms with Gasteiger partial charge in [0.15, 0.2) is 0 Å². The van der Waals surface area contributed by atoms with Crippen LogP contribution in [0.5, 0.6) is 0 Å². The SMILES string of the molecule is O=C(O)[C@@H]1CN(C(=O)C2CC2c2cccc3ccccc23)C[C@H]1C(F)(F)F. The predicted octanol–water partition coefficient (Wildman–Crippen LogP) is 3.66. The zero-order valence-corrected chi connectivity index (χ0v) is 14.3. The highest BCUT2D eigenvalue weighted by molar-refractivity contribution is 5.90. The van der Waals surface area contributed by atoms with Crippen LogP contribution in [0.2, 0.25) is 0 Å². The van der Waals surface area contributed by atoms with Gasteiger partial charge in [-0.3, -0.25) is 9.59 Å². The molecule has 1 aliphatic carbocycles. The van der Waals surface area contributed by atoms with Crippen LogP contribution < -0.4 is 0 Å². The quantitative estimate of drug-likeness (QED) is 0.888. The lowest BCUT2D eigenvalue weighted by Gasteiger charge is -2.18. The lowest BCUT2D eigenvalue weighted by atomic mass is 9.96. The van der Waals surface area contributed by atoms with E-state index >= 15 is 0 Å². The van der Waals surface area contributed by atoms with Crippen molar-refractivity contribution in [2.75, 3.05) is 13.1 Å². The van der Waals surface area contributed by atoms with E-state index in [2.05, 4.69) is 0 Å². The number of hydrogen-bond donors (Lipinski definition) is 1. The molecule has 4 nitrogen and oxygen atoms in total. The summed E-state index contributed by atoms with van der Waals surface area (Å²) >= 11 is 0. The first kappa shape index (κ1) is 17.8. The lowest BCUT2D eigenvalue weighted by molar-refractivity contribution is -0.188. The Morgan fingerprint density at radius 3 is 2.37 bits per heavy atom. The molecule has 4 rings (SSSR count). The van der Waals surface area contributed by atoms with Crippen molar-refractivity contribution < 1.29 is 27.9 Å². The molecule has 0 spiro atoms. The standard InChI is InChI=1S/C20H18F3NO3/c21-20(22,23)17-10-24(9-16(17)19(26)27)18(25)15-8-14(15)13-7-3-5-11-4-1-2-6-12(11)13/h1-7,14-17H,8-10H2,(H,26,27)/t14?,15?,16-,17-/m1/s1. The number of alkyl halides is 3. The molecule has 2 unspecified atom stereocenters. The van der Waals surface area contributed by atoms with Gasteiger partial charge >= 0.3 is 12.1 Å². The molecular weight excluding hydrogens is 359 g/mol. The van der Waals surface area contributed by atoms with Gasteiger partial charge in [0.1, 0.15) is 0 Å². The van der Waals surface area contributed by atoms with Gasteiger partial charge in [0.25, 0.3) is 0 Å². The van der Waals surface area contributed by atoms with E-state index in [0.29, 0.717) is 6.42 Å². The molecule has 1 saturated heterocycles. The molecule has 27 heavy (non-hydrogen) atoms. The topological polar surface area (TPSA) is 57.6 Å². The molecule has 1 aliphatic heterocycles. The molecule has 7 heteroatoms. The smallest absolute Gasteiger partial charge is 0.394 e. The van der Waals surface area contributed by atoms with Gasteiger partial charge in [-0.15, -0.1) is 0 Å². The second-order valence-electron chi connectivity index (χ2n) is 7.35. The summed E-state index contributed by atoms with van der Waals surface area (Å²) < 4.78 is 39.4. The zero-order valence-electron chi connectivity index (χ0n) is 14.3. The second kappa shape index (κ2) is 6.25. The Bertz CT molecular complexity index is 905. The van der Waals surface area contributed by atoms with E-state index in [0.717, 1.165) is 21.2 Å². The first-order chi connectivity index (χ1) is 12.8. The third-order valence-electron chi connectivity index (χ3n) is 5.70. The third-order valence-corrected chi connectivity index (χ3v) is 5.70. The third kappa shape index (κ3) is 3.15. The van der Waals surface area contributed by atoms with E-state index in [1.807, 2.05) is 42.5 Å². The highest BCUT2D eigenvalue weighted by atomic mass is 19.4. The maximum atomic E-state index is 13.1. The minimum atomic E-state index is -4.63. The first-order valence-electron chi connectivity index (χ1n) is 8.83. The molecule has 0 bridgehead atoms. The number of carbonyl (C=O) groups is 2. The fourth-order valence-corrected chi connectivity index (χ4v) is 4.19. The van der Waals surface area contributed by atoms with Gasteiger partial charge < -0.3 is 10.0 Å². The minimum Gasteiger partial charge on any atom is -0.481 e.